The highest BCUT2D eigenvalue weighted by atomic mass is 16.1. The predicted molar refractivity (Wildman–Crippen MR) is 50.8 cm³/mol. The van der Waals surface area contributed by atoms with Crippen LogP contribution in [0.1, 0.15) is 19.3 Å². The maximum absolute atomic E-state index is 10.3. The normalized spacial score (nSPS) is 21.7. The Bertz CT molecular complexity index is 235. The van der Waals surface area contributed by atoms with Crippen molar-refractivity contribution in [3.63, 3.8) is 0 Å². The minimum Gasteiger partial charge on any atom is -0.298 e. The van der Waals surface area contributed by atoms with Crippen LogP contribution in [-0.4, -0.2) is 6.29 Å². The molecule has 1 aliphatic carbocycles. The van der Waals surface area contributed by atoms with Crippen LogP contribution >= 0.6 is 0 Å². The molecule has 1 aliphatic rings. The molecule has 0 spiro atoms. The van der Waals surface area contributed by atoms with E-state index in [9.17, 15) is 4.79 Å². The first-order chi connectivity index (χ1) is 5.77. The van der Waals surface area contributed by atoms with E-state index in [4.69, 9.17) is 0 Å². The van der Waals surface area contributed by atoms with Gasteiger partial charge < -0.3 is 0 Å². The molecular formula is C11H14O. The van der Waals surface area contributed by atoms with Gasteiger partial charge in [0.2, 0.25) is 0 Å². The first kappa shape index (κ1) is 8.98. The molecule has 1 atom stereocenters. The summed E-state index contributed by atoms with van der Waals surface area (Å²) >= 11 is 0. The summed E-state index contributed by atoms with van der Waals surface area (Å²) in [6.45, 7) is 7.42. The molecule has 0 saturated carbocycles. The van der Waals surface area contributed by atoms with Crippen molar-refractivity contribution in [2.75, 3.05) is 0 Å². The van der Waals surface area contributed by atoms with Gasteiger partial charge in [0.05, 0.1) is 0 Å². The maximum atomic E-state index is 10.3. The van der Waals surface area contributed by atoms with Gasteiger partial charge in [0.15, 0.2) is 0 Å². The van der Waals surface area contributed by atoms with Gasteiger partial charge in [0.25, 0.3) is 0 Å². The summed E-state index contributed by atoms with van der Waals surface area (Å²) in [6.07, 6.45) is 7.96. The monoisotopic (exact) mass is 162 g/mol. The molecule has 0 aromatic carbocycles. The first-order valence-corrected chi connectivity index (χ1v) is 4.23. The second kappa shape index (κ2) is 4.05. The van der Waals surface area contributed by atoms with Gasteiger partial charge in [-0.25, -0.2) is 0 Å². The summed E-state index contributed by atoms with van der Waals surface area (Å²) in [5, 5.41) is 0. The van der Waals surface area contributed by atoms with E-state index in [0.29, 0.717) is 11.5 Å². The highest BCUT2D eigenvalue weighted by molar-refractivity contribution is 5.72. The van der Waals surface area contributed by atoms with E-state index in [0.717, 1.165) is 25.5 Å². The SMILES string of the molecule is C=CC1=CCCC1CC(=C)C=O. The lowest BCUT2D eigenvalue weighted by Gasteiger charge is -2.10. The number of hydrogen-bond donors (Lipinski definition) is 0. The van der Waals surface area contributed by atoms with Crippen LogP contribution in [0.15, 0.2) is 36.5 Å². The summed E-state index contributed by atoms with van der Waals surface area (Å²) in [4.78, 5) is 10.3. The van der Waals surface area contributed by atoms with Gasteiger partial charge in [-0.1, -0.05) is 25.3 Å². The van der Waals surface area contributed by atoms with Crippen molar-refractivity contribution in [1.82, 2.24) is 0 Å². The molecule has 0 aromatic rings. The van der Waals surface area contributed by atoms with Crippen molar-refractivity contribution in [3.8, 4) is 0 Å². The summed E-state index contributed by atoms with van der Waals surface area (Å²) in [6, 6.07) is 0. The lowest BCUT2D eigenvalue weighted by molar-refractivity contribution is -0.105. The van der Waals surface area contributed by atoms with Crippen molar-refractivity contribution in [2.45, 2.75) is 19.3 Å². The molecule has 0 aromatic heterocycles. The fraction of sp³-hybridized carbons (Fsp3) is 0.364. The van der Waals surface area contributed by atoms with Crippen LogP contribution in [0, 0.1) is 5.92 Å². The van der Waals surface area contributed by atoms with Crippen molar-refractivity contribution < 1.29 is 4.79 Å². The van der Waals surface area contributed by atoms with E-state index in [1.165, 1.54) is 5.57 Å². The zero-order chi connectivity index (χ0) is 8.97. The Morgan fingerprint density at radius 1 is 1.75 bits per heavy atom. The Balaban J connectivity index is 2.53. The molecule has 0 amide bonds. The van der Waals surface area contributed by atoms with Crippen LogP contribution in [-0.2, 0) is 4.79 Å². The number of hydrogen-bond acceptors (Lipinski definition) is 1. The lowest BCUT2D eigenvalue weighted by Crippen LogP contribution is -1.99. The third kappa shape index (κ3) is 1.94. The molecule has 0 heterocycles. The Hall–Kier alpha value is -1.11. The Morgan fingerprint density at radius 3 is 3.08 bits per heavy atom. The zero-order valence-electron chi connectivity index (χ0n) is 7.25. The largest absolute Gasteiger partial charge is 0.298 e. The minimum atomic E-state index is 0.486. The molecule has 1 nitrogen and oxygen atoms in total. The van der Waals surface area contributed by atoms with Crippen molar-refractivity contribution in [2.24, 2.45) is 5.92 Å². The smallest absolute Gasteiger partial charge is 0.145 e. The van der Waals surface area contributed by atoms with Gasteiger partial charge >= 0.3 is 0 Å². The van der Waals surface area contributed by atoms with Crippen LogP contribution in [0.3, 0.4) is 0 Å². The van der Waals surface area contributed by atoms with Crippen molar-refractivity contribution in [3.05, 3.63) is 36.5 Å². The third-order valence-corrected chi connectivity index (χ3v) is 2.28. The van der Waals surface area contributed by atoms with Crippen LogP contribution in [0.5, 0.6) is 0 Å². The molecule has 0 aliphatic heterocycles. The fourth-order valence-electron chi connectivity index (χ4n) is 1.62. The Labute approximate surface area is 73.5 Å². The molecule has 1 heteroatoms. The molecular weight excluding hydrogens is 148 g/mol. The quantitative estimate of drug-likeness (QED) is 0.459. The first-order valence-electron chi connectivity index (χ1n) is 4.23. The molecule has 0 saturated heterocycles. The topological polar surface area (TPSA) is 17.1 Å². The van der Waals surface area contributed by atoms with Gasteiger partial charge in [0.1, 0.15) is 6.29 Å². The summed E-state index contributed by atoms with van der Waals surface area (Å²) in [7, 11) is 0. The number of carbonyl (C=O) groups is 1. The lowest BCUT2D eigenvalue weighted by atomic mass is 9.94. The van der Waals surface area contributed by atoms with Crippen LogP contribution in [0.4, 0.5) is 0 Å². The van der Waals surface area contributed by atoms with E-state index in [-0.39, 0.29) is 0 Å². The van der Waals surface area contributed by atoms with E-state index < -0.39 is 0 Å². The molecule has 1 rings (SSSR count). The maximum Gasteiger partial charge on any atom is 0.145 e. The second-order valence-electron chi connectivity index (χ2n) is 3.16. The van der Waals surface area contributed by atoms with E-state index in [2.05, 4.69) is 19.2 Å². The number of allylic oxidation sites excluding steroid dienone is 4. The highest BCUT2D eigenvalue weighted by Gasteiger charge is 2.17. The second-order valence-corrected chi connectivity index (χ2v) is 3.16. The summed E-state index contributed by atoms with van der Waals surface area (Å²) in [5.41, 5.74) is 1.97. The van der Waals surface area contributed by atoms with Gasteiger partial charge in [-0.3, -0.25) is 4.79 Å². The minimum absolute atomic E-state index is 0.486. The number of carbonyl (C=O) groups excluding carboxylic acids is 1. The standard InChI is InChI=1S/C11H14O/c1-3-10-5-4-6-11(10)7-9(2)8-12/h3,5,8,11H,1-2,4,6-7H2. The van der Waals surface area contributed by atoms with Crippen LogP contribution < -0.4 is 0 Å². The van der Waals surface area contributed by atoms with Crippen LogP contribution in [0.25, 0.3) is 0 Å². The molecule has 64 valence electrons. The molecule has 0 radical (unpaired) electrons. The average Bonchev–Trinajstić information content (AvgIpc) is 2.51. The zero-order valence-corrected chi connectivity index (χ0v) is 7.25. The molecule has 0 N–H and O–H groups in total. The molecule has 12 heavy (non-hydrogen) atoms. The fourth-order valence-corrected chi connectivity index (χ4v) is 1.62. The Morgan fingerprint density at radius 2 is 2.50 bits per heavy atom. The van der Waals surface area contributed by atoms with Gasteiger partial charge in [-0.2, -0.15) is 0 Å². The molecule has 0 bridgehead atoms. The van der Waals surface area contributed by atoms with Gasteiger partial charge in [-0.05, 0) is 36.3 Å². The van der Waals surface area contributed by atoms with Gasteiger partial charge in [0, 0.05) is 0 Å². The molecule has 1 unspecified atom stereocenters. The number of rotatable bonds is 4. The summed E-state index contributed by atoms with van der Waals surface area (Å²) < 4.78 is 0. The van der Waals surface area contributed by atoms with E-state index in [1.54, 1.807) is 0 Å². The van der Waals surface area contributed by atoms with Gasteiger partial charge in [-0.15, -0.1) is 0 Å². The predicted octanol–water partition coefficient (Wildman–Crippen LogP) is 2.65. The number of aldehydes is 1. The van der Waals surface area contributed by atoms with E-state index >= 15 is 0 Å². The van der Waals surface area contributed by atoms with Crippen LogP contribution in [0.2, 0.25) is 0 Å². The average molecular weight is 162 g/mol. The van der Waals surface area contributed by atoms with E-state index in [1.807, 2.05) is 6.08 Å². The molecule has 0 fully saturated rings. The third-order valence-electron chi connectivity index (χ3n) is 2.28. The highest BCUT2D eigenvalue weighted by Crippen LogP contribution is 2.30. The summed E-state index contributed by atoms with van der Waals surface area (Å²) in [5.74, 6) is 0.486. The van der Waals surface area contributed by atoms with Crippen molar-refractivity contribution >= 4 is 6.29 Å². The van der Waals surface area contributed by atoms with Crippen molar-refractivity contribution in [1.29, 1.82) is 0 Å². The Kier molecular flexibility index (Phi) is 3.03.